The van der Waals surface area contributed by atoms with Crippen LogP contribution in [-0.2, 0) is 11.3 Å². The van der Waals surface area contributed by atoms with Gasteiger partial charge in [0.2, 0.25) is 0 Å². The maximum Gasteiger partial charge on any atom is 0.325 e. The third kappa shape index (κ3) is 2.39. The standard InChI is InChI=1S/C14H17BrN2O2S/c1-9-2-4-14(5-3-9)12(18)17(13(19)16-14)7-11-6-10(15)8-20-11/h6,8-9H,2-5,7H2,1H3,(H,16,19). The van der Waals surface area contributed by atoms with E-state index in [0.29, 0.717) is 12.5 Å². The van der Waals surface area contributed by atoms with Crippen LogP contribution < -0.4 is 5.32 Å². The average Bonchev–Trinajstić information content (AvgIpc) is 2.92. The van der Waals surface area contributed by atoms with Crippen molar-refractivity contribution in [2.45, 2.75) is 44.7 Å². The Bertz CT molecular complexity index is 549. The third-order valence-electron chi connectivity index (χ3n) is 4.31. The van der Waals surface area contributed by atoms with Gasteiger partial charge in [0.15, 0.2) is 0 Å². The van der Waals surface area contributed by atoms with E-state index in [1.165, 1.54) is 4.90 Å². The van der Waals surface area contributed by atoms with Crippen LogP contribution in [0.25, 0.3) is 0 Å². The Morgan fingerprint density at radius 3 is 2.75 bits per heavy atom. The lowest BCUT2D eigenvalue weighted by Gasteiger charge is -2.33. The zero-order chi connectivity index (χ0) is 14.3. The monoisotopic (exact) mass is 356 g/mol. The number of nitrogens with zero attached hydrogens (tertiary/aromatic N) is 1. The minimum atomic E-state index is -0.627. The van der Waals surface area contributed by atoms with Gasteiger partial charge >= 0.3 is 6.03 Å². The van der Waals surface area contributed by atoms with Crippen molar-refractivity contribution in [3.63, 3.8) is 0 Å². The molecule has 0 aromatic carbocycles. The molecule has 3 rings (SSSR count). The van der Waals surface area contributed by atoms with Crippen molar-refractivity contribution in [1.82, 2.24) is 10.2 Å². The van der Waals surface area contributed by atoms with Crippen LogP contribution in [0.5, 0.6) is 0 Å². The molecule has 1 saturated carbocycles. The van der Waals surface area contributed by atoms with Gasteiger partial charge in [-0.1, -0.05) is 6.92 Å². The Morgan fingerprint density at radius 2 is 2.15 bits per heavy atom. The van der Waals surface area contributed by atoms with E-state index in [1.807, 2.05) is 11.4 Å². The minimum Gasteiger partial charge on any atom is -0.323 e. The highest BCUT2D eigenvalue weighted by Crippen LogP contribution is 2.37. The largest absolute Gasteiger partial charge is 0.325 e. The number of carbonyl (C=O) groups is 2. The summed E-state index contributed by atoms with van der Waals surface area (Å²) in [5.41, 5.74) is -0.627. The summed E-state index contributed by atoms with van der Waals surface area (Å²) in [7, 11) is 0. The molecule has 1 saturated heterocycles. The van der Waals surface area contributed by atoms with E-state index < -0.39 is 5.54 Å². The van der Waals surface area contributed by atoms with E-state index in [-0.39, 0.29) is 11.9 Å². The number of rotatable bonds is 2. The highest BCUT2D eigenvalue weighted by molar-refractivity contribution is 9.10. The maximum atomic E-state index is 12.6. The van der Waals surface area contributed by atoms with Crippen molar-refractivity contribution < 1.29 is 9.59 Å². The van der Waals surface area contributed by atoms with Crippen LogP contribution in [0.1, 0.15) is 37.5 Å². The molecule has 2 aliphatic rings. The fraction of sp³-hybridized carbons (Fsp3) is 0.571. The molecule has 0 unspecified atom stereocenters. The van der Waals surface area contributed by atoms with Crippen molar-refractivity contribution in [2.24, 2.45) is 5.92 Å². The Morgan fingerprint density at radius 1 is 1.45 bits per heavy atom. The number of urea groups is 1. The SMILES string of the molecule is CC1CCC2(CC1)NC(=O)N(Cc1cc(Br)cs1)C2=O. The molecule has 3 amide bonds. The molecule has 6 heteroatoms. The zero-order valence-corrected chi connectivity index (χ0v) is 13.7. The molecule has 1 N–H and O–H groups in total. The Labute approximate surface area is 130 Å². The summed E-state index contributed by atoms with van der Waals surface area (Å²) in [6.45, 7) is 2.58. The van der Waals surface area contributed by atoms with Crippen LogP contribution in [0.4, 0.5) is 4.79 Å². The van der Waals surface area contributed by atoms with Crippen LogP contribution in [0.2, 0.25) is 0 Å². The first kappa shape index (κ1) is 14.1. The van der Waals surface area contributed by atoms with Crippen LogP contribution in [0.3, 0.4) is 0 Å². The number of hydrogen-bond donors (Lipinski definition) is 1. The topological polar surface area (TPSA) is 49.4 Å². The van der Waals surface area contributed by atoms with Gasteiger partial charge < -0.3 is 5.32 Å². The molecule has 2 fully saturated rings. The van der Waals surface area contributed by atoms with Crippen molar-refractivity contribution >= 4 is 39.2 Å². The number of halogens is 1. The van der Waals surface area contributed by atoms with E-state index >= 15 is 0 Å². The molecule has 0 bridgehead atoms. The van der Waals surface area contributed by atoms with E-state index in [0.717, 1.165) is 35.0 Å². The Kier molecular flexibility index (Phi) is 3.62. The minimum absolute atomic E-state index is 0.0427. The number of thiophene rings is 1. The highest BCUT2D eigenvalue weighted by Gasteiger charge is 2.51. The van der Waals surface area contributed by atoms with Crippen LogP contribution in [0.15, 0.2) is 15.9 Å². The summed E-state index contributed by atoms with van der Waals surface area (Å²) in [6.07, 6.45) is 3.54. The summed E-state index contributed by atoms with van der Waals surface area (Å²) < 4.78 is 0.991. The molecule has 1 aliphatic heterocycles. The maximum absolute atomic E-state index is 12.6. The molecule has 2 heterocycles. The molecule has 0 radical (unpaired) electrons. The van der Waals surface area contributed by atoms with E-state index in [1.54, 1.807) is 11.3 Å². The quantitative estimate of drug-likeness (QED) is 0.824. The van der Waals surface area contributed by atoms with E-state index in [4.69, 9.17) is 0 Å². The van der Waals surface area contributed by atoms with Gasteiger partial charge in [-0.25, -0.2) is 4.79 Å². The second-order valence-electron chi connectivity index (χ2n) is 5.82. The van der Waals surface area contributed by atoms with Crippen molar-refractivity contribution in [2.75, 3.05) is 0 Å². The van der Waals surface area contributed by atoms with Gasteiger partial charge in [-0.3, -0.25) is 9.69 Å². The lowest BCUT2D eigenvalue weighted by Crippen LogP contribution is -2.49. The predicted octanol–water partition coefficient (Wildman–Crippen LogP) is 3.51. The number of carbonyl (C=O) groups excluding carboxylic acids is 2. The van der Waals surface area contributed by atoms with Crippen LogP contribution in [0, 0.1) is 5.92 Å². The lowest BCUT2D eigenvalue weighted by molar-refractivity contribution is -0.133. The van der Waals surface area contributed by atoms with E-state index in [2.05, 4.69) is 28.2 Å². The molecular formula is C14H17BrN2O2S. The zero-order valence-electron chi connectivity index (χ0n) is 11.3. The van der Waals surface area contributed by atoms with Gasteiger partial charge in [-0.15, -0.1) is 11.3 Å². The number of nitrogens with one attached hydrogen (secondary N) is 1. The van der Waals surface area contributed by atoms with Gasteiger partial charge in [-0.2, -0.15) is 0 Å². The first-order chi connectivity index (χ1) is 9.50. The van der Waals surface area contributed by atoms with Crippen LogP contribution >= 0.6 is 27.3 Å². The second-order valence-corrected chi connectivity index (χ2v) is 7.73. The smallest absolute Gasteiger partial charge is 0.323 e. The van der Waals surface area contributed by atoms with Gasteiger partial charge in [0.05, 0.1) is 6.54 Å². The third-order valence-corrected chi connectivity index (χ3v) is 5.99. The molecule has 1 aromatic heterocycles. The molecule has 4 nitrogen and oxygen atoms in total. The average molecular weight is 357 g/mol. The van der Waals surface area contributed by atoms with Crippen molar-refractivity contribution in [1.29, 1.82) is 0 Å². The summed E-state index contributed by atoms with van der Waals surface area (Å²) in [6, 6.07) is 1.72. The summed E-state index contributed by atoms with van der Waals surface area (Å²) >= 11 is 4.95. The molecular weight excluding hydrogens is 340 g/mol. The molecule has 1 spiro atoms. The first-order valence-corrected chi connectivity index (χ1v) is 8.54. The Hall–Kier alpha value is -0.880. The highest BCUT2D eigenvalue weighted by atomic mass is 79.9. The van der Waals surface area contributed by atoms with Crippen molar-refractivity contribution in [3.8, 4) is 0 Å². The summed E-state index contributed by atoms with van der Waals surface area (Å²) in [5, 5.41) is 4.91. The number of hydrogen-bond acceptors (Lipinski definition) is 3. The predicted molar refractivity (Wildman–Crippen MR) is 81.5 cm³/mol. The fourth-order valence-corrected chi connectivity index (χ4v) is 4.45. The fourth-order valence-electron chi connectivity index (χ4n) is 3.01. The molecule has 108 valence electrons. The van der Waals surface area contributed by atoms with Gasteiger partial charge in [0.25, 0.3) is 5.91 Å². The molecule has 1 aliphatic carbocycles. The van der Waals surface area contributed by atoms with E-state index in [9.17, 15) is 9.59 Å². The number of amides is 3. The molecule has 20 heavy (non-hydrogen) atoms. The molecule has 1 aromatic rings. The normalized spacial score (nSPS) is 30.1. The van der Waals surface area contributed by atoms with Crippen LogP contribution in [-0.4, -0.2) is 22.4 Å². The number of imide groups is 1. The van der Waals surface area contributed by atoms with Gasteiger partial charge in [0, 0.05) is 14.7 Å². The van der Waals surface area contributed by atoms with Gasteiger partial charge in [-0.05, 0) is 53.6 Å². The molecule has 0 atom stereocenters. The summed E-state index contributed by atoms with van der Waals surface area (Å²) in [5.74, 6) is 0.603. The first-order valence-electron chi connectivity index (χ1n) is 6.87. The van der Waals surface area contributed by atoms with Gasteiger partial charge in [0.1, 0.15) is 5.54 Å². The lowest BCUT2D eigenvalue weighted by atomic mass is 9.77. The second kappa shape index (κ2) is 5.15. The Balaban J connectivity index is 1.77. The van der Waals surface area contributed by atoms with Crippen molar-refractivity contribution in [3.05, 3.63) is 20.8 Å². The summed E-state index contributed by atoms with van der Waals surface area (Å²) in [4.78, 5) is 27.2.